The molecular weight excluding hydrogens is 338 g/mol. The summed E-state index contributed by atoms with van der Waals surface area (Å²) < 4.78 is 2.10. The largest absolute Gasteiger partial charge is 0.314 e. The molecule has 6 heteroatoms. The number of hydrogen-bond acceptors (Lipinski definition) is 4. The van der Waals surface area contributed by atoms with Crippen molar-refractivity contribution in [3.05, 3.63) is 21.9 Å². The Labute approximate surface area is 160 Å². The molecule has 2 aromatic heterocycles. The zero-order valence-electron chi connectivity index (χ0n) is 16.3. The van der Waals surface area contributed by atoms with Crippen LogP contribution in [-0.4, -0.2) is 32.3 Å². The van der Waals surface area contributed by atoms with Crippen molar-refractivity contribution in [3.8, 4) is 0 Å². The summed E-state index contributed by atoms with van der Waals surface area (Å²) >= 11 is 0. The zero-order chi connectivity index (χ0) is 18.4. The maximum atomic E-state index is 13.0. The molecule has 3 unspecified atom stereocenters. The van der Waals surface area contributed by atoms with E-state index in [2.05, 4.69) is 21.9 Å². The number of aromatic amines is 1. The molecule has 1 saturated heterocycles. The van der Waals surface area contributed by atoms with E-state index in [1.165, 1.54) is 38.5 Å². The van der Waals surface area contributed by atoms with E-state index in [1.807, 2.05) is 0 Å². The second-order valence-corrected chi connectivity index (χ2v) is 8.74. The first-order chi connectivity index (χ1) is 13.3. The number of rotatable bonds is 3. The fourth-order valence-corrected chi connectivity index (χ4v) is 5.83. The number of piperidine rings is 1. The Kier molecular flexibility index (Phi) is 4.54. The minimum atomic E-state index is 0.0157. The Morgan fingerprint density at radius 3 is 2.67 bits per heavy atom. The second kappa shape index (κ2) is 7.04. The van der Waals surface area contributed by atoms with Gasteiger partial charge >= 0.3 is 0 Å². The van der Waals surface area contributed by atoms with Gasteiger partial charge in [0.1, 0.15) is 11.2 Å². The molecule has 1 aliphatic heterocycles. The molecule has 3 aliphatic rings. The summed E-state index contributed by atoms with van der Waals surface area (Å²) in [5.74, 6) is 1.87. The first-order valence-corrected chi connectivity index (χ1v) is 11.0. The third-order valence-corrected chi connectivity index (χ3v) is 7.21. The summed E-state index contributed by atoms with van der Waals surface area (Å²) in [6.07, 6.45) is 11.8. The molecule has 0 spiro atoms. The first kappa shape index (κ1) is 17.4. The Bertz CT molecular complexity index is 877. The van der Waals surface area contributed by atoms with Crippen LogP contribution < -0.4 is 10.9 Å². The lowest BCUT2D eigenvalue weighted by Crippen LogP contribution is -2.47. The van der Waals surface area contributed by atoms with Crippen molar-refractivity contribution in [3.63, 3.8) is 0 Å². The highest BCUT2D eigenvalue weighted by molar-refractivity contribution is 5.77. The minimum Gasteiger partial charge on any atom is -0.314 e. The normalized spacial score (nSPS) is 29.3. The molecule has 0 aromatic carbocycles. The molecule has 27 heavy (non-hydrogen) atoms. The number of nitrogens with one attached hydrogen (secondary N) is 2. The van der Waals surface area contributed by atoms with Crippen molar-refractivity contribution < 1.29 is 0 Å². The highest BCUT2D eigenvalue weighted by Gasteiger charge is 2.37. The lowest BCUT2D eigenvalue weighted by molar-refractivity contribution is 0.178. The van der Waals surface area contributed by atoms with Crippen LogP contribution in [0.15, 0.2) is 4.79 Å². The molecule has 2 aliphatic carbocycles. The monoisotopic (exact) mass is 369 g/mol. The van der Waals surface area contributed by atoms with E-state index in [4.69, 9.17) is 10.1 Å². The maximum Gasteiger partial charge on any atom is 0.262 e. The predicted molar refractivity (Wildman–Crippen MR) is 106 cm³/mol. The number of hydrogen-bond donors (Lipinski definition) is 2. The summed E-state index contributed by atoms with van der Waals surface area (Å²) in [6.45, 7) is 3.10. The highest BCUT2D eigenvalue weighted by Crippen LogP contribution is 2.40. The molecule has 5 rings (SSSR count). The molecular formula is C21H31N5O. The first-order valence-electron chi connectivity index (χ1n) is 11.0. The van der Waals surface area contributed by atoms with Crippen molar-refractivity contribution >= 4 is 11.0 Å². The quantitative estimate of drug-likeness (QED) is 0.869. The van der Waals surface area contributed by atoms with Gasteiger partial charge in [-0.05, 0) is 51.0 Å². The van der Waals surface area contributed by atoms with Crippen LogP contribution in [0.5, 0.6) is 0 Å². The van der Waals surface area contributed by atoms with E-state index in [0.29, 0.717) is 23.9 Å². The van der Waals surface area contributed by atoms with E-state index in [1.54, 1.807) is 0 Å². The molecule has 6 nitrogen and oxygen atoms in total. The van der Waals surface area contributed by atoms with Crippen molar-refractivity contribution in [2.75, 3.05) is 6.54 Å². The molecule has 0 bridgehead atoms. The van der Waals surface area contributed by atoms with Crippen LogP contribution in [0.4, 0.5) is 0 Å². The van der Waals surface area contributed by atoms with Crippen LogP contribution in [0.3, 0.4) is 0 Å². The Morgan fingerprint density at radius 2 is 1.85 bits per heavy atom. The van der Waals surface area contributed by atoms with Gasteiger partial charge in [0, 0.05) is 12.0 Å². The minimum absolute atomic E-state index is 0.0157. The smallest absolute Gasteiger partial charge is 0.262 e. The Balaban J connectivity index is 1.61. The lowest BCUT2D eigenvalue weighted by Gasteiger charge is -2.41. The van der Waals surface area contributed by atoms with Gasteiger partial charge in [-0.25, -0.2) is 9.67 Å². The number of fused-ring (bicyclic) bond motifs is 2. The average molecular weight is 370 g/mol. The number of nitrogens with zero attached hydrogens (tertiary/aromatic N) is 3. The third kappa shape index (κ3) is 2.93. The van der Waals surface area contributed by atoms with E-state index < -0.39 is 0 Å². The van der Waals surface area contributed by atoms with Crippen LogP contribution in [-0.2, 0) is 6.42 Å². The van der Waals surface area contributed by atoms with Gasteiger partial charge in [0.15, 0.2) is 5.65 Å². The van der Waals surface area contributed by atoms with Gasteiger partial charge in [0.2, 0.25) is 0 Å². The standard InChI is InChI=1S/C21H31N5O/c1-2-16-18-20(26(25-16)13-7-3-4-8-13)23-19(24-21(18)27)15-11-12-22-17-10-6-5-9-14(15)17/h13-15,17,22H,2-12H2,1H3,(H,23,24,27). The van der Waals surface area contributed by atoms with Crippen molar-refractivity contribution in [2.24, 2.45) is 5.92 Å². The summed E-state index contributed by atoms with van der Waals surface area (Å²) in [5, 5.41) is 9.27. The highest BCUT2D eigenvalue weighted by atomic mass is 16.1. The Hall–Kier alpha value is -1.69. The summed E-state index contributed by atoms with van der Waals surface area (Å²) in [6, 6.07) is 0.995. The van der Waals surface area contributed by atoms with Crippen LogP contribution in [0, 0.1) is 5.92 Å². The SMILES string of the molecule is CCc1nn(C2CCCC2)c2nc(C3CCNC4CCCCC43)[nH]c(=O)c12. The van der Waals surface area contributed by atoms with E-state index in [0.717, 1.165) is 54.8 Å². The van der Waals surface area contributed by atoms with Gasteiger partial charge in [0.05, 0.1) is 11.7 Å². The molecule has 0 radical (unpaired) electrons. The van der Waals surface area contributed by atoms with Gasteiger partial charge in [-0.3, -0.25) is 4.79 Å². The molecule has 3 fully saturated rings. The summed E-state index contributed by atoms with van der Waals surface area (Å²) in [4.78, 5) is 21.3. The van der Waals surface area contributed by atoms with Gasteiger partial charge in [-0.2, -0.15) is 5.10 Å². The van der Waals surface area contributed by atoms with Gasteiger partial charge in [-0.1, -0.05) is 32.6 Å². The van der Waals surface area contributed by atoms with E-state index in [-0.39, 0.29) is 5.56 Å². The number of aryl methyl sites for hydroxylation is 1. The zero-order valence-corrected chi connectivity index (χ0v) is 16.3. The van der Waals surface area contributed by atoms with E-state index in [9.17, 15) is 4.79 Å². The van der Waals surface area contributed by atoms with Gasteiger partial charge in [0.25, 0.3) is 5.56 Å². The predicted octanol–water partition coefficient (Wildman–Crippen LogP) is 3.43. The number of H-pyrrole nitrogens is 1. The molecule has 0 amide bonds. The Morgan fingerprint density at radius 1 is 1.07 bits per heavy atom. The second-order valence-electron chi connectivity index (χ2n) is 8.74. The van der Waals surface area contributed by atoms with Crippen LogP contribution in [0.25, 0.3) is 11.0 Å². The number of aromatic nitrogens is 4. The van der Waals surface area contributed by atoms with Crippen molar-refractivity contribution in [1.82, 2.24) is 25.1 Å². The summed E-state index contributed by atoms with van der Waals surface area (Å²) in [7, 11) is 0. The average Bonchev–Trinajstić information content (AvgIpc) is 3.35. The van der Waals surface area contributed by atoms with Crippen LogP contribution in [0.2, 0.25) is 0 Å². The molecule has 3 atom stereocenters. The van der Waals surface area contributed by atoms with Gasteiger partial charge in [-0.15, -0.1) is 0 Å². The fourth-order valence-electron chi connectivity index (χ4n) is 5.83. The fraction of sp³-hybridized carbons (Fsp3) is 0.762. The third-order valence-electron chi connectivity index (χ3n) is 7.21. The van der Waals surface area contributed by atoms with Crippen molar-refractivity contribution in [2.45, 2.75) is 89.1 Å². The van der Waals surface area contributed by atoms with Crippen molar-refractivity contribution in [1.29, 1.82) is 0 Å². The topological polar surface area (TPSA) is 75.6 Å². The van der Waals surface area contributed by atoms with Crippen LogP contribution in [0.1, 0.15) is 88.2 Å². The van der Waals surface area contributed by atoms with Crippen LogP contribution >= 0.6 is 0 Å². The lowest BCUT2D eigenvalue weighted by atomic mass is 9.72. The molecule has 2 N–H and O–H groups in total. The molecule has 2 saturated carbocycles. The maximum absolute atomic E-state index is 13.0. The molecule has 3 heterocycles. The molecule has 146 valence electrons. The van der Waals surface area contributed by atoms with Gasteiger partial charge < -0.3 is 10.3 Å². The molecule has 2 aromatic rings. The van der Waals surface area contributed by atoms with E-state index >= 15 is 0 Å². The summed E-state index contributed by atoms with van der Waals surface area (Å²) in [5.41, 5.74) is 1.75.